The van der Waals surface area contributed by atoms with E-state index in [0.29, 0.717) is 22.5 Å². The van der Waals surface area contributed by atoms with Crippen molar-refractivity contribution >= 4 is 26.9 Å². The molecule has 4 aromatic rings. The molecule has 0 unspecified atom stereocenters. The Morgan fingerprint density at radius 1 is 0.964 bits per heavy atom. The molecule has 7 heteroatoms. The van der Waals surface area contributed by atoms with Crippen LogP contribution in [0.2, 0.25) is 0 Å². The fourth-order valence-corrected chi connectivity index (χ4v) is 4.62. The van der Waals surface area contributed by atoms with Gasteiger partial charge in [0.2, 0.25) is 0 Å². The monoisotopic (exact) mass is 392 g/mol. The third kappa shape index (κ3) is 2.95. The molecule has 140 valence electrons. The van der Waals surface area contributed by atoms with Crippen LogP contribution in [0, 0.1) is 0 Å². The van der Waals surface area contributed by atoms with Crippen LogP contribution in [0.4, 0.5) is 0 Å². The van der Waals surface area contributed by atoms with Crippen LogP contribution in [0.15, 0.2) is 83.9 Å². The fourth-order valence-electron chi connectivity index (χ4n) is 3.08. The third-order valence-electron chi connectivity index (χ3n) is 4.39. The molecule has 0 aliphatic carbocycles. The molecule has 6 nitrogen and oxygen atoms in total. The lowest BCUT2D eigenvalue weighted by molar-refractivity contribution is 0.0600. The molecule has 2 aromatic heterocycles. The Labute approximate surface area is 162 Å². The molecule has 0 spiro atoms. The molecular weight excluding hydrogens is 376 g/mol. The first-order valence-corrected chi connectivity index (χ1v) is 9.92. The lowest BCUT2D eigenvalue weighted by Gasteiger charge is -2.12. The van der Waals surface area contributed by atoms with Gasteiger partial charge in [-0.25, -0.2) is 17.2 Å². The fraction of sp³-hybridized carbons (Fsp3) is 0.0476. The highest BCUT2D eigenvalue weighted by Gasteiger charge is 2.24. The van der Waals surface area contributed by atoms with Gasteiger partial charge in [-0.05, 0) is 36.4 Å². The molecule has 28 heavy (non-hydrogen) atoms. The van der Waals surface area contributed by atoms with Crippen LogP contribution in [-0.2, 0) is 14.8 Å². The van der Waals surface area contributed by atoms with E-state index in [-0.39, 0.29) is 4.90 Å². The number of rotatable bonds is 4. The van der Waals surface area contributed by atoms with Crippen molar-refractivity contribution in [1.29, 1.82) is 0 Å². The van der Waals surface area contributed by atoms with Gasteiger partial charge in [-0.15, -0.1) is 0 Å². The van der Waals surface area contributed by atoms with Crippen molar-refractivity contribution in [2.75, 3.05) is 7.11 Å². The summed E-state index contributed by atoms with van der Waals surface area (Å²) in [5.74, 6) is -0.516. The molecule has 0 bridgehead atoms. The Bertz CT molecular complexity index is 1280. The first kappa shape index (κ1) is 17.9. The number of hydrogen-bond acceptors (Lipinski definition) is 5. The summed E-state index contributed by atoms with van der Waals surface area (Å²) in [5, 5.41) is 0.752. The van der Waals surface area contributed by atoms with Gasteiger partial charge >= 0.3 is 5.97 Å². The predicted octanol–water partition coefficient (Wildman–Crippen LogP) is 3.73. The highest BCUT2D eigenvalue weighted by molar-refractivity contribution is 7.90. The van der Waals surface area contributed by atoms with Crippen molar-refractivity contribution in [3.63, 3.8) is 0 Å². The average Bonchev–Trinajstić information content (AvgIpc) is 3.14. The molecule has 0 aliphatic heterocycles. The van der Waals surface area contributed by atoms with Gasteiger partial charge in [0.25, 0.3) is 10.0 Å². The molecule has 0 aliphatic rings. The Hall–Kier alpha value is -3.45. The maximum Gasteiger partial charge on any atom is 0.337 e. The van der Waals surface area contributed by atoms with Crippen molar-refractivity contribution < 1.29 is 17.9 Å². The second-order valence-corrected chi connectivity index (χ2v) is 7.88. The number of ether oxygens (including phenoxy) is 1. The van der Waals surface area contributed by atoms with E-state index < -0.39 is 16.0 Å². The van der Waals surface area contributed by atoms with E-state index in [1.165, 1.54) is 29.4 Å². The van der Waals surface area contributed by atoms with Gasteiger partial charge in [-0.2, -0.15) is 0 Å². The van der Waals surface area contributed by atoms with E-state index in [0.717, 1.165) is 5.39 Å². The lowest BCUT2D eigenvalue weighted by Crippen LogP contribution is -2.14. The van der Waals surface area contributed by atoms with Crippen molar-refractivity contribution in [3.05, 3.63) is 84.6 Å². The number of benzene rings is 2. The highest BCUT2D eigenvalue weighted by atomic mass is 32.2. The molecule has 4 rings (SSSR count). The van der Waals surface area contributed by atoms with Crippen LogP contribution in [0.5, 0.6) is 0 Å². The number of carbonyl (C=O) groups excluding carboxylic acids is 1. The van der Waals surface area contributed by atoms with Gasteiger partial charge in [0.1, 0.15) is 0 Å². The Morgan fingerprint density at radius 3 is 2.43 bits per heavy atom. The van der Waals surface area contributed by atoms with E-state index >= 15 is 0 Å². The van der Waals surface area contributed by atoms with Gasteiger partial charge in [0, 0.05) is 11.6 Å². The topological polar surface area (TPSA) is 78.3 Å². The van der Waals surface area contributed by atoms with E-state index in [2.05, 4.69) is 4.98 Å². The van der Waals surface area contributed by atoms with Gasteiger partial charge < -0.3 is 4.74 Å². The van der Waals surface area contributed by atoms with E-state index in [1.54, 1.807) is 48.5 Å². The number of nitrogens with zero attached hydrogens (tertiary/aromatic N) is 2. The van der Waals surface area contributed by atoms with Gasteiger partial charge in [0.15, 0.2) is 0 Å². The zero-order valence-corrected chi connectivity index (χ0v) is 15.8. The third-order valence-corrected chi connectivity index (χ3v) is 6.13. The van der Waals surface area contributed by atoms with E-state index in [1.807, 2.05) is 12.1 Å². The number of fused-ring (bicyclic) bond motifs is 1. The second kappa shape index (κ2) is 6.94. The summed E-state index contributed by atoms with van der Waals surface area (Å²) in [6.45, 7) is 0. The van der Waals surface area contributed by atoms with Gasteiger partial charge in [0.05, 0.1) is 34.5 Å². The van der Waals surface area contributed by atoms with Crippen LogP contribution in [0.25, 0.3) is 22.3 Å². The number of para-hydroxylation sites is 1. The molecular formula is C21H16N2O4S. The summed E-state index contributed by atoms with van der Waals surface area (Å²) >= 11 is 0. The first-order valence-electron chi connectivity index (χ1n) is 8.48. The minimum absolute atomic E-state index is 0.168. The van der Waals surface area contributed by atoms with Crippen LogP contribution >= 0.6 is 0 Å². The van der Waals surface area contributed by atoms with Crippen molar-refractivity contribution in [1.82, 2.24) is 8.96 Å². The number of carbonyl (C=O) groups is 1. The number of esters is 1. The Balaban J connectivity index is 2.01. The molecule has 0 saturated carbocycles. The quantitative estimate of drug-likeness (QED) is 0.495. The Kier molecular flexibility index (Phi) is 4.44. The zero-order chi connectivity index (χ0) is 19.7. The maximum atomic E-state index is 13.4. The summed E-state index contributed by atoms with van der Waals surface area (Å²) in [6.07, 6.45) is 1.46. The molecule has 2 aromatic carbocycles. The summed E-state index contributed by atoms with van der Waals surface area (Å²) in [5.41, 5.74) is 1.56. The second-order valence-electron chi connectivity index (χ2n) is 6.09. The largest absolute Gasteiger partial charge is 0.465 e. The number of hydrogen-bond donors (Lipinski definition) is 0. The number of aromatic nitrogens is 2. The molecule has 0 fully saturated rings. The van der Waals surface area contributed by atoms with Crippen LogP contribution in [0.3, 0.4) is 0 Å². The minimum Gasteiger partial charge on any atom is -0.465 e. The molecule has 0 N–H and O–H groups in total. The first-order chi connectivity index (χ1) is 13.5. The summed E-state index contributed by atoms with van der Waals surface area (Å²) < 4.78 is 32.9. The standard InChI is InChI=1S/C21H16N2O4S/c1-27-21(24)16-11-12-22-18(13-16)20-14-15-7-5-6-10-19(15)23(20)28(25,26)17-8-3-2-4-9-17/h2-14H,1H3. The zero-order valence-electron chi connectivity index (χ0n) is 14.9. The van der Waals surface area contributed by atoms with Crippen molar-refractivity contribution in [2.24, 2.45) is 0 Å². The van der Waals surface area contributed by atoms with Gasteiger partial charge in [-0.1, -0.05) is 36.4 Å². The van der Waals surface area contributed by atoms with Crippen LogP contribution in [0.1, 0.15) is 10.4 Å². The highest BCUT2D eigenvalue weighted by Crippen LogP contribution is 2.31. The summed E-state index contributed by atoms with van der Waals surface area (Å²) in [4.78, 5) is 16.4. The smallest absolute Gasteiger partial charge is 0.337 e. The molecule has 0 saturated heterocycles. The van der Waals surface area contributed by atoms with Gasteiger partial charge in [-0.3, -0.25) is 4.98 Å². The lowest BCUT2D eigenvalue weighted by atomic mass is 10.2. The average molecular weight is 392 g/mol. The van der Waals surface area contributed by atoms with Crippen LogP contribution < -0.4 is 0 Å². The SMILES string of the molecule is COC(=O)c1ccnc(-c2cc3ccccc3n2S(=O)(=O)c2ccccc2)c1. The van der Waals surface area contributed by atoms with E-state index in [9.17, 15) is 13.2 Å². The summed E-state index contributed by atoms with van der Waals surface area (Å²) in [6, 6.07) is 20.2. The predicted molar refractivity (Wildman–Crippen MR) is 106 cm³/mol. The number of methoxy groups -OCH3 is 1. The normalized spacial score (nSPS) is 11.5. The van der Waals surface area contributed by atoms with Crippen molar-refractivity contribution in [2.45, 2.75) is 4.90 Å². The Morgan fingerprint density at radius 2 is 1.68 bits per heavy atom. The summed E-state index contributed by atoms with van der Waals surface area (Å²) in [7, 11) is -2.59. The molecule has 0 atom stereocenters. The number of pyridine rings is 1. The minimum atomic E-state index is -3.88. The van der Waals surface area contributed by atoms with E-state index in [4.69, 9.17) is 4.74 Å². The molecule has 0 amide bonds. The molecule has 0 radical (unpaired) electrons. The van der Waals surface area contributed by atoms with Crippen LogP contribution in [-0.4, -0.2) is 30.5 Å². The van der Waals surface area contributed by atoms with Crippen molar-refractivity contribution in [3.8, 4) is 11.4 Å². The maximum absolute atomic E-state index is 13.4. The molecule has 2 heterocycles.